The van der Waals surface area contributed by atoms with Gasteiger partial charge in [-0.15, -0.1) is 13.2 Å². The van der Waals surface area contributed by atoms with E-state index in [1.54, 1.807) is 0 Å². The molecule has 0 aliphatic rings. The molecule has 0 spiro atoms. The van der Waals surface area contributed by atoms with E-state index in [2.05, 4.69) is 14.5 Å². The summed E-state index contributed by atoms with van der Waals surface area (Å²) >= 11 is 0. The number of methoxy groups -OCH3 is 1. The van der Waals surface area contributed by atoms with Crippen molar-refractivity contribution >= 4 is 0 Å². The molecule has 14 heavy (non-hydrogen) atoms. The van der Waals surface area contributed by atoms with Crippen LogP contribution in [0.5, 0.6) is 11.5 Å². The van der Waals surface area contributed by atoms with Gasteiger partial charge in [0.05, 0.1) is 7.11 Å². The lowest BCUT2D eigenvalue weighted by Crippen LogP contribution is -2.18. The maximum absolute atomic E-state index is 12.8. The van der Waals surface area contributed by atoms with Crippen molar-refractivity contribution in [1.29, 1.82) is 0 Å². The molecule has 0 unspecified atom stereocenters. The second kappa shape index (κ2) is 3.69. The quantitative estimate of drug-likeness (QED) is 0.554. The highest BCUT2D eigenvalue weighted by molar-refractivity contribution is 5.37. The molecule has 0 radical (unpaired) electrons. The third-order valence-corrected chi connectivity index (χ3v) is 1.26. The molecule has 0 bridgehead atoms. The van der Waals surface area contributed by atoms with Crippen LogP contribution in [0, 0.1) is 5.95 Å². The molecule has 0 fully saturated rings. The number of hydrogen-bond donors (Lipinski definition) is 0. The standard InChI is InChI=1S/C7H5F4NO2/c1-13-4-2-3-12-6(8)5(4)14-7(9,10)11/h2-3H,1H3. The molecule has 1 heterocycles. The third kappa shape index (κ3) is 2.48. The summed E-state index contributed by atoms with van der Waals surface area (Å²) in [4.78, 5) is 3.00. The van der Waals surface area contributed by atoms with Gasteiger partial charge in [-0.25, -0.2) is 4.98 Å². The largest absolute Gasteiger partial charge is 0.573 e. The Hall–Kier alpha value is -1.53. The summed E-state index contributed by atoms with van der Waals surface area (Å²) in [6.45, 7) is 0. The summed E-state index contributed by atoms with van der Waals surface area (Å²) in [7, 11) is 1.10. The Labute approximate surface area is 76.3 Å². The first-order chi connectivity index (χ1) is 6.44. The minimum absolute atomic E-state index is 0.366. The minimum atomic E-state index is -4.98. The van der Waals surface area contributed by atoms with Crippen LogP contribution in [0.25, 0.3) is 0 Å². The van der Waals surface area contributed by atoms with Crippen LogP contribution in [0.3, 0.4) is 0 Å². The van der Waals surface area contributed by atoms with Crippen molar-refractivity contribution in [1.82, 2.24) is 4.98 Å². The zero-order valence-electron chi connectivity index (χ0n) is 6.93. The van der Waals surface area contributed by atoms with Gasteiger partial charge in [-0.2, -0.15) is 4.39 Å². The lowest BCUT2D eigenvalue weighted by atomic mass is 10.4. The van der Waals surface area contributed by atoms with Gasteiger partial charge in [-0.1, -0.05) is 0 Å². The highest BCUT2D eigenvalue weighted by atomic mass is 19.4. The van der Waals surface area contributed by atoms with Crippen molar-refractivity contribution in [2.45, 2.75) is 6.36 Å². The van der Waals surface area contributed by atoms with Gasteiger partial charge in [-0.05, 0) is 0 Å². The number of aromatic nitrogens is 1. The fourth-order valence-electron chi connectivity index (χ4n) is 0.775. The highest BCUT2D eigenvalue weighted by Crippen LogP contribution is 2.32. The molecule has 7 heteroatoms. The molecule has 0 aliphatic heterocycles. The molecule has 1 aromatic heterocycles. The van der Waals surface area contributed by atoms with E-state index < -0.39 is 18.1 Å². The molecule has 0 aromatic carbocycles. The topological polar surface area (TPSA) is 31.4 Å². The molecule has 0 aliphatic carbocycles. The van der Waals surface area contributed by atoms with Crippen LogP contribution in [-0.4, -0.2) is 18.5 Å². The average molecular weight is 211 g/mol. The molecule has 78 valence electrons. The van der Waals surface area contributed by atoms with Crippen molar-refractivity contribution in [3.05, 3.63) is 18.2 Å². The SMILES string of the molecule is COc1ccnc(F)c1OC(F)(F)F. The van der Waals surface area contributed by atoms with Crippen molar-refractivity contribution in [2.24, 2.45) is 0 Å². The number of pyridine rings is 1. The van der Waals surface area contributed by atoms with Gasteiger partial charge in [0, 0.05) is 12.3 Å². The van der Waals surface area contributed by atoms with Crippen LogP contribution in [-0.2, 0) is 0 Å². The summed E-state index contributed by atoms with van der Waals surface area (Å²) in [6, 6.07) is 1.06. The Balaban J connectivity index is 3.05. The smallest absolute Gasteiger partial charge is 0.493 e. The van der Waals surface area contributed by atoms with Crippen molar-refractivity contribution < 1.29 is 27.0 Å². The Morgan fingerprint density at radius 2 is 2.00 bits per heavy atom. The molecule has 1 aromatic rings. The van der Waals surface area contributed by atoms with E-state index in [0.717, 1.165) is 19.4 Å². The second-order valence-electron chi connectivity index (χ2n) is 2.18. The Kier molecular flexibility index (Phi) is 2.78. The summed E-state index contributed by atoms with van der Waals surface area (Å²) in [5.41, 5.74) is 0. The predicted octanol–water partition coefficient (Wildman–Crippen LogP) is 2.13. The van der Waals surface area contributed by atoms with Gasteiger partial charge in [0.15, 0.2) is 5.75 Å². The lowest BCUT2D eigenvalue weighted by Gasteiger charge is -2.11. The van der Waals surface area contributed by atoms with Crippen molar-refractivity contribution in [3.63, 3.8) is 0 Å². The van der Waals surface area contributed by atoms with Crippen LogP contribution >= 0.6 is 0 Å². The molecule has 3 nitrogen and oxygen atoms in total. The minimum Gasteiger partial charge on any atom is -0.493 e. The zero-order valence-corrected chi connectivity index (χ0v) is 6.93. The van der Waals surface area contributed by atoms with Gasteiger partial charge in [-0.3, -0.25) is 0 Å². The van der Waals surface area contributed by atoms with E-state index in [-0.39, 0.29) is 5.75 Å². The van der Waals surface area contributed by atoms with E-state index in [4.69, 9.17) is 0 Å². The highest BCUT2D eigenvalue weighted by Gasteiger charge is 2.34. The van der Waals surface area contributed by atoms with Crippen LogP contribution in [0.4, 0.5) is 17.6 Å². The fraction of sp³-hybridized carbons (Fsp3) is 0.286. The fourth-order valence-corrected chi connectivity index (χ4v) is 0.775. The third-order valence-electron chi connectivity index (χ3n) is 1.26. The van der Waals surface area contributed by atoms with E-state index in [0.29, 0.717) is 0 Å². The summed E-state index contributed by atoms with van der Waals surface area (Å²) in [5, 5.41) is 0. The lowest BCUT2D eigenvalue weighted by molar-refractivity contribution is -0.276. The van der Waals surface area contributed by atoms with Gasteiger partial charge in [0.2, 0.25) is 5.75 Å². The molecule has 0 atom stereocenters. The number of nitrogens with zero attached hydrogens (tertiary/aromatic N) is 1. The molecule has 0 amide bonds. The maximum Gasteiger partial charge on any atom is 0.573 e. The monoisotopic (exact) mass is 211 g/mol. The van der Waals surface area contributed by atoms with Gasteiger partial charge in [0.25, 0.3) is 5.95 Å². The number of ether oxygens (including phenoxy) is 2. The van der Waals surface area contributed by atoms with Crippen LogP contribution in [0.1, 0.15) is 0 Å². The summed E-state index contributed by atoms with van der Waals surface area (Å²) < 4.78 is 55.9. The van der Waals surface area contributed by atoms with Gasteiger partial charge >= 0.3 is 6.36 Å². The van der Waals surface area contributed by atoms with E-state index in [1.165, 1.54) is 0 Å². The molecule has 0 saturated carbocycles. The molecule has 0 saturated heterocycles. The second-order valence-corrected chi connectivity index (χ2v) is 2.18. The first kappa shape index (κ1) is 10.6. The Bertz CT molecular complexity index is 326. The van der Waals surface area contributed by atoms with E-state index >= 15 is 0 Å². The number of halogens is 4. The molecule has 1 rings (SSSR count). The normalized spacial score (nSPS) is 11.2. The summed E-state index contributed by atoms with van der Waals surface area (Å²) in [5.74, 6) is -2.81. The van der Waals surface area contributed by atoms with Crippen LogP contribution < -0.4 is 9.47 Å². The maximum atomic E-state index is 12.8. The Morgan fingerprint density at radius 3 is 2.50 bits per heavy atom. The van der Waals surface area contributed by atoms with E-state index in [1.807, 2.05) is 0 Å². The van der Waals surface area contributed by atoms with Gasteiger partial charge < -0.3 is 9.47 Å². The first-order valence-electron chi connectivity index (χ1n) is 3.38. The van der Waals surface area contributed by atoms with Gasteiger partial charge in [0.1, 0.15) is 0 Å². The zero-order chi connectivity index (χ0) is 10.8. The summed E-state index contributed by atoms with van der Waals surface area (Å²) in [6.07, 6.45) is -4.01. The first-order valence-corrected chi connectivity index (χ1v) is 3.38. The Morgan fingerprint density at radius 1 is 1.36 bits per heavy atom. The number of rotatable bonds is 2. The van der Waals surface area contributed by atoms with Crippen LogP contribution in [0.15, 0.2) is 12.3 Å². The number of alkyl halides is 3. The van der Waals surface area contributed by atoms with Crippen molar-refractivity contribution in [2.75, 3.05) is 7.11 Å². The molecule has 0 N–H and O–H groups in total. The average Bonchev–Trinajstić information content (AvgIpc) is 2.06. The predicted molar refractivity (Wildman–Crippen MR) is 37.4 cm³/mol. The van der Waals surface area contributed by atoms with Crippen LogP contribution in [0.2, 0.25) is 0 Å². The number of hydrogen-bond acceptors (Lipinski definition) is 3. The van der Waals surface area contributed by atoms with E-state index in [9.17, 15) is 17.6 Å². The molecular formula is C7H5F4NO2. The molecular weight excluding hydrogens is 206 g/mol. The van der Waals surface area contributed by atoms with Crippen molar-refractivity contribution in [3.8, 4) is 11.5 Å².